The number of likely N-dealkylation sites (N-methyl/N-ethyl adjacent to an activating group) is 2. The fourth-order valence-electron chi connectivity index (χ4n) is 3.79. The number of alkyl halides is 2. The van der Waals surface area contributed by atoms with E-state index in [1.54, 1.807) is 7.05 Å². The highest BCUT2D eigenvalue weighted by Crippen LogP contribution is 2.42. The number of likely N-dealkylation sites (tertiary alicyclic amines) is 1. The Kier molecular flexibility index (Phi) is 7.62. The monoisotopic (exact) mass is 437 g/mol. The van der Waals surface area contributed by atoms with Crippen LogP contribution in [0.25, 0.3) is 0 Å². The van der Waals surface area contributed by atoms with E-state index in [0.29, 0.717) is 5.56 Å². The fourth-order valence-corrected chi connectivity index (χ4v) is 3.79. The summed E-state index contributed by atoms with van der Waals surface area (Å²) in [5, 5.41) is 0. The van der Waals surface area contributed by atoms with E-state index in [4.69, 9.17) is 9.47 Å². The third-order valence-electron chi connectivity index (χ3n) is 5.40. The molecule has 164 valence electrons. The molecule has 0 radical (unpaired) electrons. The highest BCUT2D eigenvalue weighted by molar-refractivity contribution is 5.85. The molecule has 1 aromatic rings. The van der Waals surface area contributed by atoms with Crippen LogP contribution in [0.3, 0.4) is 0 Å². The minimum atomic E-state index is -2.65. The number of aromatic nitrogens is 1. The second kappa shape index (κ2) is 9.38. The quantitative estimate of drug-likeness (QED) is 0.656. The highest BCUT2D eigenvalue weighted by atomic mass is 35.5. The van der Waals surface area contributed by atoms with Gasteiger partial charge >= 0.3 is 0 Å². The standard InChI is InChI=1S/C19H26F3N3O3.ClH/c1-24-6-4-5-15(24)18(26)25(2)10-13-7-14(20)17(23-16(13)27-3)28-11-12-8-19(21,22)9-12;/h7,12,15H,4-6,8-11H2,1-3H3;1H. The summed E-state index contributed by atoms with van der Waals surface area (Å²) < 4.78 is 50.7. The third-order valence-corrected chi connectivity index (χ3v) is 5.40. The van der Waals surface area contributed by atoms with Crippen molar-refractivity contribution in [3.8, 4) is 11.8 Å². The molecular weight excluding hydrogens is 411 g/mol. The average Bonchev–Trinajstić information content (AvgIpc) is 3.04. The lowest BCUT2D eigenvalue weighted by Crippen LogP contribution is -2.42. The summed E-state index contributed by atoms with van der Waals surface area (Å²) in [6.45, 7) is 1.00. The molecule has 2 fully saturated rings. The van der Waals surface area contributed by atoms with Crippen LogP contribution >= 0.6 is 12.4 Å². The second-order valence-corrected chi connectivity index (χ2v) is 7.72. The molecule has 0 bridgehead atoms. The molecular formula is C19H27ClF3N3O3. The summed E-state index contributed by atoms with van der Waals surface area (Å²) in [7, 11) is 4.97. The first kappa shape index (κ1) is 23.5. The largest absolute Gasteiger partial charge is 0.481 e. The number of methoxy groups -OCH3 is 1. The smallest absolute Gasteiger partial charge is 0.253 e. The first-order chi connectivity index (χ1) is 13.2. The van der Waals surface area contributed by atoms with Crippen molar-refractivity contribution in [2.24, 2.45) is 5.92 Å². The van der Waals surface area contributed by atoms with E-state index in [-0.39, 0.29) is 68.0 Å². The Bertz CT molecular complexity index is 730. The number of halogens is 4. The molecule has 2 heterocycles. The van der Waals surface area contributed by atoms with E-state index in [1.165, 1.54) is 18.1 Å². The number of hydrogen-bond acceptors (Lipinski definition) is 5. The van der Waals surface area contributed by atoms with Crippen LogP contribution in [0.4, 0.5) is 13.2 Å². The van der Waals surface area contributed by atoms with Gasteiger partial charge in [-0.15, -0.1) is 12.4 Å². The zero-order valence-corrected chi connectivity index (χ0v) is 17.6. The lowest BCUT2D eigenvalue weighted by atomic mass is 9.82. The third kappa shape index (κ3) is 5.45. The van der Waals surface area contributed by atoms with Gasteiger partial charge in [0, 0.05) is 31.4 Å². The molecule has 2 aliphatic rings. The van der Waals surface area contributed by atoms with Crippen molar-refractivity contribution in [3.05, 3.63) is 17.4 Å². The van der Waals surface area contributed by atoms with E-state index in [1.807, 2.05) is 11.9 Å². The molecule has 1 atom stereocenters. The Labute approximate surface area is 174 Å². The van der Waals surface area contributed by atoms with E-state index in [0.717, 1.165) is 19.4 Å². The van der Waals surface area contributed by atoms with Gasteiger partial charge in [0.05, 0.1) is 26.3 Å². The molecule has 0 aromatic carbocycles. The molecule has 1 saturated heterocycles. The zero-order chi connectivity index (χ0) is 20.5. The molecule has 3 rings (SSSR count). The topological polar surface area (TPSA) is 54.9 Å². The second-order valence-electron chi connectivity index (χ2n) is 7.72. The molecule has 0 N–H and O–H groups in total. The van der Waals surface area contributed by atoms with Gasteiger partial charge in [0.2, 0.25) is 17.7 Å². The van der Waals surface area contributed by atoms with Crippen molar-refractivity contribution >= 4 is 18.3 Å². The Balaban J connectivity index is 0.00000300. The van der Waals surface area contributed by atoms with Crippen LogP contribution in [0.1, 0.15) is 31.2 Å². The van der Waals surface area contributed by atoms with Gasteiger partial charge in [-0.05, 0) is 32.5 Å². The average molecular weight is 438 g/mol. The molecule has 1 aliphatic heterocycles. The van der Waals surface area contributed by atoms with Gasteiger partial charge in [0.25, 0.3) is 5.88 Å². The molecule has 1 aromatic heterocycles. The van der Waals surface area contributed by atoms with Gasteiger partial charge in [0.15, 0.2) is 5.82 Å². The predicted octanol–water partition coefficient (Wildman–Crippen LogP) is 3.13. The van der Waals surface area contributed by atoms with Crippen LogP contribution in [0.5, 0.6) is 11.8 Å². The number of carbonyl (C=O) groups is 1. The fraction of sp³-hybridized carbons (Fsp3) is 0.684. The van der Waals surface area contributed by atoms with Crippen molar-refractivity contribution in [3.63, 3.8) is 0 Å². The summed E-state index contributed by atoms with van der Waals surface area (Å²) in [6.07, 6.45) is 1.26. The Morgan fingerprint density at radius 2 is 2.07 bits per heavy atom. The van der Waals surface area contributed by atoms with Crippen LogP contribution in [0.2, 0.25) is 0 Å². The van der Waals surface area contributed by atoms with E-state index < -0.39 is 11.7 Å². The van der Waals surface area contributed by atoms with Gasteiger partial charge < -0.3 is 14.4 Å². The first-order valence-electron chi connectivity index (χ1n) is 9.39. The maximum atomic E-state index is 14.4. The maximum Gasteiger partial charge on any atom is 0.253 e. The lowest BCUT2D eigenvalue weighted by Gasteiger charge is -2.34. The summed E-state index contributed by atoms with van der Waals surface area (Å²) >= 11 is 0. The van der Waals surface area contributed by atoms with Gasteiger partial charge in [0.1, 0.15) is 0 Å². The van der Waals surface area contributed by atoms with Crippen molar-refractivity contribution in [1.82, 2.24) is 14.8 Å². The van der Waals surface area contributed by atoms with Crippen LogP contribution in [-0.2, 0) is 11.3 Å². The molecule has 0 spiro atoms. The van der Waals surface area contributed by atoms with Crippen molar-refractivity contribution in [1.29, 1.82) is 0 Å². The molecule has 10 heteroatoms. The van der Waals surface area contributed by atoms with Crippen LogP contribution < -0.4 is 9.47 Å². The summed E-state index contributed by atoms with van der Waals surface area (Å²) in [4.78, 5) is 20.2. The SMILES string of the molecule is COc1nc(OCC2CC(F)(F)C2)c(F)cc1CN(C)C(=O)C1CCCN1C.Cl. The number of ether oxygens (including phenoxy) is 2. The summed E-state index contributed by atoms with van der Waals surface area (Å²) in [6, 6.07) is 1.05. The molecule has 6 nitrogen and oxygen atoms in total. The van der Waals surface area contributed by atoms with Gasteiger partial charge in [-0.25, -0.2) is 13.2 Å². The summed E-state index contributed by atoms with van der Waals surface area (Å²) in [5.74, 6) is -3.83. The molecule has 29 heavy (non-hydrogen) atoms. The van der Waals surface area contributed by atoms with E-state index >= 15 is 0 Å². The Hall–Kier alpha value is -1.74. The van der Waals surface area contributed by atoms with Crippen molar-refractivity contribution < 1.29 is 27.4 Å². The van der Waals surface area contributed by atoms with Crippen molar-refractivity contribution in [2.45, 2.75) is 44.2 Å². The van der Waals surface area contributed by atoms with Crippen LogP contribution in [-0.4, -0.2) is 67.0 Å². The molecule has 1 saturated carbocycles. The summed E-state index contributed by atoms with van der Waals surface area (Å²) in [5.41, 5.74) is 0.416. The Morgan fingerprint density at radius 3 is 2.62 bits per heavy atom. The zero-order valence-electron chi connectivity index (χ0n) is 16.8. The molecule has 1 amide bonds. The van der Waals surface area contributed by atoms with E-state index in [9.17, 15) is 18.0 Å². The highest BCUT2D eigenvalue weighted by Gasteiger charge is 2.45. The predicted molar refractivity (Wildman–Crippen MR) is 103 cm³/mol. The van der Waals surface area contributed by atoms with E-state index in [2.05, 4.69) is 4.98 Å². The maximum absolute atomic E-state index is 14.4. The molecule has 1 aliphatic carbocycles. The lowest BCUT2D eigenvalue weighted by molar-refractivity contribution is -0.134. The van der Waals surface area contributed by atoms with Crippen LogP contribution in [0.15, 0.2) is 6.07 Å². The Morgan fingerprint density at radius 1 is 1.38 bits per heavy atom. The number of hydrogen-bond donors (Lipinski definition) is 0. The van der Waals surface area contributed by atoms with Gasteiger partial charge in [-0.2, -0.15) is 4.98 Å². The minimum Gasteiger partial charge on any atom is -0.481 e. The number of carbonyl (C=O) groups excluding carboxylic acids is 1. The van der Waals surface area contributed by atoms with Gasteiger partial charge in [-0.1, -0.05) is 0 Å². The number of nitrogens with zero attached hydrogens (tertiary/aromatic N) is 3. The minimum absolute atomic E-state index is 0. The number of rotatable bonds is 7. The number of amides is 1. The van der Waals surface area contributed by atoms with Crippen LogP contribution in [0, 0.1) is 11.7 Å². The number of pyridine rings is 1. The molecule has 1 unspecified atom stereocenters. The van der Waals surface area contributed by atoms with Crippen molar-refractivity contribution in [2.75, 3.05) is 34.4 Å². The first-order valence-corrected chi connectivity index (χ1v) is 9.39. The normalized spacial score (nSPS) is 21.2. The van der Waals surface area contributed by atoms with Gasteiger partial charge in [-0.3, -0.25) is 9.69 Å².